The summed E-state index contributed by atoms with van der Waals surface area (Å²) in [4.78, 5) is 0. The van der Waals surface area contributed by atoms with Crippen molar-refractivity contribution in [1.82, 2.24) is 0 Å². The highest BCUT2D eigenvalue weighted by atomic mass is 19.1. The van der Waals surface area contributed by atoms with Crippen LogP contribution in [-0.4, -0.2) is 11.7 Å². The minimum atomic E-state index is -0.585. The minimum absolute atomic E-state index is 0.220. The van der Waals surface area contributed by atoms with Gasteiger partial charge in [-0.15, -0.1) is 0 Å². The van der Waals surface area contributed by atoms with Gasteiger partial charge in [0.2, 0.25) is 0 Å². The molecule has 0 radical (unpaired) electrons. The number of benzene rings is 2. The maximum Gasteiger partial charge on any atom is 0.165 e. The molecule has 0 aliphatic rings. The van der Waals surface area contributed by atoms with Gasteiger partial charge in [-0.05, 0) is 17.7 Å². The molecule has 3 heteroatoms. The zero-order valence-corrected chi connectivity index (χ0v) is 9.92. The molecule has 0 aliphatic heterocycles. The van der Waals surface area contributed by atoms with Crippen molar-refractivity contribution >= 4 is 0 Å². The summed E-state index contributed by atoms with van der Waals surface area (Å²) in [5, 5.41) is 9.89. The Kier molecular flexibility index (Phi) is 4.31. The van der Waals surface area contributed by atoms with Crippen LogP contribution in [0.2, 0.25) is 0 Å². The van der Waals surface area contributed by atoms with Crippen LogP contribution >= 0.6 is 0 Å². The predicted molar refractivity (Wildman–Crippen MR) is 67.9 cm³/mol. The average Bonchev–Trinajstić information content (AvgIpc) is 2.42. The normalized spacial score (nSPS) is 12.1. The fraction of sp³-hybridized carbons (Fsp3) is 0.200. The average molecular weight is 246 g/mol. The second-order valence-corrected chi connectivity index (χ2v) is 3.99. The van der Waals surface area contributed by atoms with Crippen molar-refractivity contribution in [1.29, 1.82) is 0 Å². The molecular weight excluding hydrogens is 231 g/mol. The number of halogens is 1. The summed E-state index contributed by atoms with van der Waals surface area (Å²) in [6.07, 6.45) is -0.156. The van der Waals surface area contributed by atoms with E-state index in [0.29, 0.717) is 6.42 Å². The molecule has 2 aromatic carbocycles. The Morgan fingerprint density at radius 3 is 2.39 bits per heavy atom. The fourth-order valence-electron chi connectivity index (χ4n) is 1.68. The first-order chi connectivity index (χ1) is 8.77. The largest absolute Gasteiger partial charge is 0.490 e. The highest BCUT2D eigenvalue weighted by Crippen LogP contribution is 2.19. The third kappa shape index (κ3) is 3.31. The number of ether oxygens (including phenoxy) is 1. The topological polar surface area (TPSA) is 29.5 Å². The van der Waals surface area contributed by atoms with E-state index in [-0.39, 0.29) is 18.2 Å². The Morgan fingerprint density at radius 1 is 1.00 bits per heavy atom. The molecule has 1 atom stereocenters. The van der Waals surface area contributed by atoms with Crippen molar-refractivity contribution in [2.75, 3.05) is 6.61 Å². The van der Waals surface area contributed by atoms with Crippen LogP contribution in [0.15, 0.2) is 54.6 Å². The van der Waals surface area contributed by atoms with E-state index in [1.165, 1.54) is 6.07 Å². The van der Waals surface area contributed by atoms with Crippen LogP contribution in [0.1, 0.15) is 18.1 Å². The summed E-state index contributed by atoms with van der Waals surface area (Å²) in [5.74, 6) is -0.163. The molecule has 1 unspecified atom stereocenters. The standard InChI is InChI=1S/C15H15FO2/c16-13-8-4-5-9-15(13)18-11-10-14(17)12-6-2-1-3-7-12/h1-9,14,17H,10-11H2. The van der Waals surface area contributed by atoms with Crippen molar-refractivity contribution in [3.8, 4) is 5.75 Å². The molecule has 0 spiro atoms. The second-order valence-electron chi connectivity index (χ2n) is 3.99. The van der Waals surface area contributed by atoms with Crippen LogP contribution in [0.4, 0.5) is 4.39 Å². The van der Waals surface area contributed by atoms with E-state index in [1.807, 2.05) is 30.3 Å². The molecule has 0 aromatic heterocycles. The van der Waals surface area contributed by atoms with Crippen LogP contribution in [0, 0.1) is 5.82 Å². The molecule has 0 amide bonds. The maximum absolute atomic E-state index is 13.2. The lowest BCUT2D eigenvalue weighted by molar-refractivity contribution is 0.139. The molecule has 0 bridgehead atoms. The van der Waals surface area contributed by atoms with Gasteiger partial charge in [-0.3, -0.25) is 0 Å². The first-order valence-corrected chi connectivity index (χ1v) is 5.87. The highest BCUT2D eigenvalue weighted by Gasteiger charge is 2.08. The van der Waals surface area contributed by atoms with E-state index in [2.05, 4.69) is 0 Å². The molecule has 2 nitrogen and oxygen atoms in total. The lowest BCUT2D eigenvalue weighted by atomic mass is 10.1. The van der Waals surface area contributed by atoms with Crippen molar-refractivity contribution < 1.29 is 14.2 Å². The van der Waals surface area contributed by atoms with Crippen molar-refractivity contribution in [2.45, 2.75) is 12.5 Å². The van der Waals surface area contributed by atoms with Gasteiger partial charge in [0.05, 0.1) is 12.7 Å². The van der Waals surface area contributed by atoms with Gasteiger partial charge in [0, 0.05) is 6.42 Å². The lowest BCUT2D eigenvalue weighted by Gasteiger charge is -2.12. The molecule has 0 fully saturated rings. The van der Waals surface area contributed by atoms with Crippen LogP contribution in [-0.2, 0) is 0 Å². The van der Waals surface area contributed by atoms with Gasteiger partial charge >= 0.3 is 0 Å². The van der Waals surface area contributed by atoms with Gasteiger partial charge < -0.3 is 9.84 Å². The minimum Gasteiger partial charge on any atom is -0.490 e. The Morgan fingerprint density at radius 2 is 1.67 bits per heavy atom. The van der Waals surface area contributed by atoms with E-state index in [0.717, 1.165) is 5.56 Å². The summed E-state index contributed by atoms with van der Waals surface area (Å²) in [6, 6.07) is 15.6. The SMILES string of the molecule is OC(CCOc1ccccc1F)c1ccccc1. The van der Waals surface area contributed by atoms with Gasteiger partial charge in [-0.1, -0.05) is 42.5 Å². The van der Waals surface area contributed by atoms with Crippen molar-refractivity contribution in [3.63, 3.8) is 0 Å². The summed E-state index contributed by atoms with van der Waals surface area (Å²) in [7, 11) is 0. The quantitative estimate of drug-likeness (QED) is 0.876. The van der Waals surface area contributed by atoms with Gasteiger partial charge in [-0.2, -0.15) is 0 Å². The van der Waals surface area contributed by atoms with E-state index >= 15 is 0 Å². The summed E-state index contributed by atoms with van der Waals surface area (Å²) in [6.45, 7) is 0.275. The summed E-state index contributed by atoms with van der Waals surface area (Å²) >= 11 is 0. The van der Waals surface area contributed by atoms with Crippen molar-refractivity contribution in [3.05, 3.63) is 66.0 Å². The van der Waals surface area contributed by atoms with Crippen LogP contribution in [0.5, 0.6) is 5.75 Å². The smallest absolute Gasteiger partial charge is 0.165 e. The van der Waals surface area contributed by atoms with Crippen LogP contribution in [0.3, 0.4) is 0 Å². The predicted octanol–water partition coefficient (Wildman–Crippen LogP) is 3.33. The van der Waals surface area contributed by atoms with Crippen molar-refractivity contribution in [2.24, 2.45) is 0 Å². The summed E-state index contributed by atoms with van der Waals surface area (Å²) in [5.41, 5.74) is 0.842. The molecule has 2 aromatic rings. The first kappa shape index (κ1) is 12.6. The van der Waals surface area contributed by atoms with E-state index < -0.39 is 6.10 Å². The second kappa shape index (κ2) is 6.17. The third-order valence-electron chi connectivity index (χ3n) is 2.67. The van der Waals surface area contributed by atoms with Gasteiger partial charge in [0.1, 0.15) is 0 Å². The number of hydrogen-bond acceptors (Lipinski definition) is 2. The number of para-hydroxylation sites is 1. The van der Waals surface area contributed by atoms with Gasteiger partial charge in [0.15, 0.2) is 11.6 Å². The third-order valence-corrected chi connectivity index (χ3v) is 2.67. The molecule has 2 rings (SSSR count). The Bertz CT molecular complexity index is 485. The number of rotatable bonds is 5. The molecule has 0 heterocycles. The van der Waals surface area contributed by atoms with E-state index in [1.54, 1.807) is 18.2 Å². The van der Waals surface area contributed by atoms with Gasteiger partial charge in [-0.25, -0.2) is 4.39 Å². The lowest BCUT2D eigenvalue weighted by Crippen LogP contribution is -2.06. The summed E-state index contributed by atoms with van der Waals surface area (Å²) < 4.78 is 18.5. The number of aliphatic hydroxyl groups excluding tert-OH is 1. The first-order valence-electron chi connectivity index (χ1n) is 5.87. The Labute approximate surface area is 106 Å². The molecule has 1 N–H and O–H groups in total. The Hall–Kier alpha value is -1.87. The monoisotopic (exact) mass is 246 g/mol. The molecule has 0 saturated heterocycles. The molecule has 0 saturated carbocycles. The molecule has 18 heavy (non-hydrogen) atoms. The molecule has 94 valence electrons. The zero-order valence-electron chi connectivity index (χ0n) is 9.92. The number of aliphatic hydroxyl groups is 1. The van der Waals surface area contributed by atoms with Crippen LogP contribution < -0.4 is 4.74 Å². The highest BCUT2D eigenvalue weighted by molar-refractivity contribution is 5.23. The zero-order chi connectivity index (χ0) is 12.8. The molecule has 0 aliphatic carbocycles. The van der Waals surface area contributed by atoms with Crippen LogP contribution in [0.25, 0.3) is 0 Å². The van der Waals surface area contributed by atoms with E-state index in [9.17, 15) is 9.50 Å². The number of hydrogen-bond donors (Lipinski definition) is 1. The Balaban J connectivity index is 1.84. The maximum atomic E-state index is 13.2. The fourth-order valence-corrected chi connectivity index (χ4v) is 1.68. The molecular formula is C15H15FO2. The van der Waals surface area contributed by atoms with Gasteiger partial charge in [0.25, 0.3) is 0 Å². The van der Waals surface area contributed by atoms with E-state index in [4.69, 9.17) is 4.74 Å².